The van der Waals surface area contributed by atoms with Gasteiger partial charge in [-0.15, -0.1) is 0 Å². The number of oxazole rings is 1. The zero-order valence-electron chi connectivity index (χ0n) is 10.9. The molecule has 100 valence electrons. The summed E-state index contributed by atoms with van der Waals surface area (Å²) in [5.74, 6) is 0.975. The van der Waals surface area contributed by atoms with Crippen molar-refractivity contribution in [3.05, 3.63) is 12.0 Å². The summed E-state index contributed by atoms with van der Waals surface area (Å²) in [6, 6.07) is 0.400. The average molecular weight is 252 g/mol. The molecule has 2 atom stereocenters. The van der Waals surface area contributed by atoms with E-state index in [0.717, 1.165) is 12.5 Å². The van der Waals surface area contributed by atoms with Crippen LogP contribution in [0.25, 0.3) is 0 Å². The fourth-order valence-electron chi connectivity index (χ4n) is 2.40. The number of anilines is 1. The first-order chi connectivity index (χ1) is 8.70. The second kappa shape index (κ2) is 5.89. The highest BCUT2D eigenvalue weighted by Gasteiger charge is 2.23. The van der Waals surface area contributed by atoms with Crippen molar-refractivity contribution in [3.63, 3.8) is 0 Å². The SMILES string of the molecule is CCOC(=O)c1coc(NCC2CCCC2C)n1. The van der Waals surface area contributed by atoms with Gasteiger partial charge in [0.15, 0.2) is 5.69 Å². The first-order valence-electron chi connectivity index (χ1n) is 6.57. The van der Waals surface area contributed by atoms with Crippen LogP contribution in [0.15, 0.2) is 10.7 Å². The highest BCUT2D eigenvalue weighted by molar-refractivity contribution is 5.87. The van der Waals surface area contributed by atoms with E-state index in [1.807, 2.05) is 0 Å². The summed E-state index contributed by atoms with van der Waals surface area (Å²) in [5.41, 5.74) is 0.221. The van der Waals surface area contributed by atoms with Crippen molar-refractivity contribution in [1.82, 2.24) is 4.98 Å². The van der Waals surface area contributed by atoms with Crippen molar-refractivity contribution in [1.29, 1.82) is 0 Å². The fourth-order valence-corrected chi connectivity index (χ4v) is 2.40. The Morgan fingerprint density at radius 1 is 1.61 bits per heavy atom. The molecule has 0 radical (unpaired) electrons. The number of hydrogen-bond acceptors (Lipinski definition) is 5. The Balaban J connectivity index is 1.85. The van der Waals surface area contributed by atoms with Crippen LogP contribution in [0.1, 0.15) is 43.6 Å². The van der Waals surface area contributed by atoms with E-state index in [9.17, 15) is 4.79 Å². The van der Waals surface area contributed by atoms with Crippen LogP contribution in [0.3, 0.4) is 0 Å². The molecule has 0 bridgehead atoms. The molecule has 0 aromatic carbocycles. The van der Waals surface area contributed by atoms with E-state index in [1.165, 1.54) is 25.5 Å². The van der Waals surface area contributed by atoms with Crippen LogP contribution in [0.4, 0.5) is 6.01 Å². The predicted octanol–water partition coefficient (Wildman–Crippen LogP) is 2.70. The molecular formula is C13H20N2O3. The molecule has 1 aromatic rings. The molecule has 1 aliphatic rings. The average Bonchev–Trinajstić information content (AvgIpc) is 2.96. The first kappa shape index (κ1) is 12.9. The molecule has 1 heterocycles. The molecule has 0 saturated heterocycles. The molecule has 5 heteroatoms. The molecule has 2 rings (SSSR count). The normalized spacial score (nSPS) is 23.0. The number of ether oxygens (including phenoxy) is 1. The Hall–Kier alpha value is -1.52. The van der Waals surface area contributed by atoms with Crippen LogP contribution in [0, 0.1) is 11.8 Å². The lowest BCUT2D eigenvalue weighted by Gasteiger charge is -2.14. The number of carbonyl (C=O) groups is 1. The van der Waals surface area contributed by atoms with Crippen molar-refractivity contribution in [3.8, 4) is 0 Å². The quantitative estimate of drug-likeness (QED) is 0.816. The Morgan fingerprint density at radius 2 is 2.44 bits per heavy atom. The number of nitrogens with zero attached hydrogens (tertiary/aromatic N) is 1. The maximum atomic E-state index is 11.4. The summed E-state index contributed by atoms with van der Waals surface area (Å²) in [5, 5.41) is 3.15. The Bertz CT molecular complexity index is 403. The molecule has 1 aromatic heterocycles. The smallest absolute Gasteiger partial charge is 0.360 e. The van der Waals surface area contributed by atoms with Crippen LogP contribution in [-0.2, 0) is 4.74 Å². The third-order valence-electron chi connectivity index (χ3n) is 3.54. The van der Waals surface area contributed by atoms with E-state index in [2.05, 4.69) is 17.2 Å². The van der Waals surface area contributed by atoms with Crippen LogP contribution >= 0.6 is 0 Å². The molecule has 1 fully saturated rings. The number of carbonyl (C=O) groups excluding carboxylic acids is 1. The number of rotatable bonds is 5. The molecule has 1 N–H and O–H groups in total. The van der Waals surface area contributed by atoms with Gasteiger partial charge in [0.2, 0.25) is 0 Å². The topological polar surface area (TPSA) is 64.4 Å². The molecule has 0 spiro atoms. The summed E-state index contributed by atoms with van der Waals surface area (Å²) in [6.07, 6.45) is 5.18. The number of esters is 1. The summed E-state index contributed by atoms with van der Waals surface area (Å²) in [6.45, 7) is 5.23. The molecule has 1 aliphatic carbocycles. The standard InChI is InChI=1S/C13H20N2O3/c1-3-17-12(16)11-8-18-13(15-11)14-7-10-6-4-5-9(10)2/h8-10H,3-7H2,1-2H3,(H,14,15). The van der Waals surface area contributed by atoms with Gasteiger partial charge in [0.25, 0.3) is 6.01 Å². The van der Waals surface area contributed by atoms with Crippen LogP contribution in [0.2, 0.25) is 0 Å². The minimum absolute atomic E-state index is 0.221. The van der Waals surface area contributed by atoms with Gasteiger partial charge in [0.1, 0.15) is 6.26 Å². The van der Waals surface area contributed by atoms with Crippen LogP contribution < -0.4 is 5.32 Å². The molecule has 18 heavy (non-hydrogen) atoms. The Labute approximate surface area is 107 Å². The van der Waals surface area contributed by atoms with Crippen LogP contribution in [0.5, 0.6) is 0 Å². The maximum absolute atomic E-state index is 11.4. The summed E-state index contributed by atoms with van der Waals surface area (Å²) < 4.78 is 10.1. The Morgan fingerprint density at radius 3 is 3.11 bits per heavy atom. The van der Waals surface area contributed by atoms with Gasteiger partial charge in [-0.2, -0.15) is 4.98 Å². The second-order valence-electron chi connectivity index (χ2n) is 4.81. The van der Waals surface area contributed by atoms with Crippen molar-refractivity contribution >= 4 is 12.0 Å². The van der Waals surface area contributed by atoms with Crippen molar-refractivity contribution in [2.24, 2.45) is 11.8 Å². The maximum Gasteiger partial charge on any atom is 0.360 e. The van der Waals surface area contributed by atoms with E-state index >= 15 is 0 Å². The van der Waals surface area contributed by atoms with Gasteiger partial charge < -0.3 is 14.5 Å². The second-order valence-corrected chi connectivity index (χ2v) is 4.81. The van der Waals surface area contributed by atoms with Gasteiger partial charge in [-0.05, 0) is 25.2 Å². The van der Waals surface area contributed by atoms with Gasteiger partial charge >= 0.3 is 5.97 Å². The van der Waals surface area contributed by atoms with E-state index in [1.54, 1.807) is 6.92 Å². The minimum atomic E-state index is -0.441. The minimum Gasteiger partial charge on any atom is -0.461 e. The van der Waals surface area contributed by atoms with Gasteiger partial charge in [-0.1, -0.05) is 19.8 Å². The zero-order chi connectivity index (χ0) is 13.0. The summed E-state index contributed by atoms with van der Waals surface area (Å²) in [7, 11) is 0. The van der Waals surface area contributed by atoms with Crippen molar-refractivity contribution in [2.45, 2.75) is 33.1 Å². The predicted molar refractivity (Wildman–Crippen MR) is 67.5 cm³/mol. The Kier molecular flexibility index (Phi) is 4.23. The molecular weight excluding hydrogens is 232 g/mol. The van der Waals surface area contributed by atoms with Crippen molar-refractivity contribution in [2.75, 3.05) is 18.5 Å². The number of nitrogens with one attached hydrogen (secondary N) is 1. The molecule has 0 amide bonds. The van der Waals surface area contributed by atoms with Gasteiger partial charge in [0.05, 0.1) is 6.61 Å². The molecule has 5 nitrogen and oxygen atoms in total. The third-order valence-corrected chi connectivity index (χ3v) is 3.54. The zero-order valence-corrected chi connectivity index (χ0v) is 10.9. The van der Waals surface area contributed by atoms with Gasteiger partial charge in [0, 0.05) is 6.54 Å². The lowest BCUT2D eigenvalue weighted by Crippen LogP contribution is -2.16. The largest absolute Gasteiger partial charge is 0.461 e. The van der Waals surface area contributed by atoms with E-state index < -0.39 is 5.97 Å². The lowest BCUT2D eigenvalue weighted by molar-refractivity contribution is 0.0519. The summed E-state index contributed by atoms with van der Waals surface area (Å²) >= 11 is 0. The van der Waals surface area contributed by atoms with Gasteiger partial charge in [-0.3, -0.25) is 0 Å². The van der Waals surface area contributed by atoms with Crippen molar-refractivity contribution < 1.29 is 13.9 Å². The molecule has 2 unspecified atom stereocenters. The van der Waals surface area contributed by atoms with E-state index in [-0.39, 0.29) is 5.69 Å². The monoisotopic (exact) mass is 252 g/mol. The van der Waals surface area contributed by atoms with E-state index in [4.69, 9.17) is 9.15 Å². The highest BCUT2D eigenvalue weighted by atomic mass is 16.5. The number of aromatic nitrogens is 1. The first-order valence-corrected chi connectivity index (χ1v) is 6.57. The molecule has 1 saturated carbocycles. The van der Waals surface area contributed by atoms with Gasteiger partial charge in [-0.25, -0.2) is 4.79 Å². The lowest BCUT2D eigenvalue weighted by atomic mass is 9.98. The summed E-state index contributed by atoms with van der Waals surface area (Å²) in [4.78, 5) is 15.5. The van der Waals surface area contributed by atoms with E-state index in [0.29, 0.717) is 18.5 Å². The third kappa shape index (κ3) is 3.03. The van der Waals surface area contributed by atoms with Crippen LogP contribution in [-0.4, -0.2) is 24.1 Å². The molecule has 0 aliphatic heterocycles. The highest BCUT2D eigenvalue weighted by Crippen LogP contribution is 2.31. The fraction of sp³-hybridized carbons (Fsp3) is 0.692. The number of hydrogen-bond donors (Lipinski definition) is 1.